The molecule has 4 rings (SSSR count). The van der Waals surface area contributed by atoms with Gasteiger partial charge in [-0.2, -0.15) is 0 Å². The highest BCUT2D eigenvalue weighted by atomic mass is 35.5. The minimum atomic E-state index is -0.381. The van der Waals surface area contributed by atoms with E-state index in [0.29, 0.717) is 6.54 Å². The molecular formula is C19H21ClN2O2. The number of hydrogen-bond acceptors (Lipinski definition) is 3. The Labute approximate surface area is 147 Å². The lowest BCUT2D eigenvalue weighted by Crippen LogP contribution is -2.29. The van der Waals surface area contributed by atoms with Crippen LogP contribution in [0.5, 0.6) is 0 Å². The minimum Gasteiger partial charge on any atom is -0.364 e. The Morgan fingerprint density at radius 1 is 1.12 bits per heavy atom. The van der Waals surface area contributed by atoms with Gasteiger partial charge >= 0.3 is 0 Å². The summed E-state index contributed by atoms with van der Waals surface area (Å²) in [5.41, 5.74) is 11.6. The van der Waals surface area contributed by atoms with Crippen molar-refractivity contribution in [3.05, 3.63) is 53.6 Å². The first-order valence-electron chi connectivity index (χ1n) is 8.12. The Morgan fingerprint density at radius 2 is 1.92 bits per heavy atom. The maximum atomic E-state index is 12.3. The molecule has 1 heterocycles. The second-order valence-electron chi connectivity index (χ2n) is 6.25. The Bertz CT molecular complexity index is 763. The number of benzene rings is 2. The normalized spacial score (nSPS) is 20.9. The standard InChI is InChI=1S/C19H20N2O2.ClH/c20-11-15-6-8-18(23-15)19(22)21-14-5-7-17-13(10-14)9-12-3-1-2-4-16(12)17;/h1-5,7,10,15,18H,6,8-9,11,20H2,(H,21,22);1H/t15-,18+;/m1./s1. The molecule has 0 bridgehead atoms. The minimum absolute atomic E-state index is 0. The van der Waals surface area contributed by atoms with E-state index in [1.165, 1.54) is 22.3 Å². The zero-order valence-corrected chi connectivity index (χ0v) is 14.1. The molecule has 126 valence electrons. The van der Waals surface area contributed by atoms with Crippen molar-refractivity contribution in [1.82, 2.24) is 0 Å². The Balaban J connectivity index is 0.00000169. The van der Waals surface area contributed by atoms with Gasteiger partial charge < -0.3 is 15.8 Å². The van der Waals surface area contributed by atoms with Gasteiger partial charge in [-0.15, -0.1) is 12.4 Å². The quantitative estimate of drug-likeness (QED) is 0.767. The number of halogens is 1. The van der Waals surface area contributed by atoms with Crippen molar-refractivity contribution in [3.8, 4) is 11.1 Å². The largest absolute Gasteiger partial charge is 0.364 e. The molecule has 0 aromatic heterocycles. The van der Waals surface area contributed by atoms with Crippen LogP contribution in [-0.2, 0) is 16.0 Å². The molecule has 2 aromatic rings. The van der Waals surface area contributed by atoms with Gasteiger partial charge in [0.25, 0.3) is 5.91 Å². The van der Waals surface area contributed by atoms with Crippen LogP contribution in [0.15, 0.2) is 42.5 Å². The van der Waals surface area contributed by atoms with Crippen molar-refractivity contribution < 1.29 is 9.53 Å². The van der Waals surface area contributed by atoms with Crippen molar-refractivity contribution in [1.29, 1.82) is 0 Å². The van der Waals surface area contributed by atoms with Crippen LogP contribution < -0.4 is 11.1 Å². The molecule has 1 saturated heterocycles. The number of nitrogens with one attached hydrogen (secondary N) is 1. The molecule has 2 aliphatic rings. The third-order valence-electron chi connectivity index (χ3n) is 4.72. The Morgan fingerprint density at radius 3 is 2.71 bits per heavy atom. The number of rotatable bonds is 3. The summed E-state index contributed by atoms with van der Waals surface area (Å²) in [6, 6.07) is 14.6. The fraction of sp³-hybridized carbons (Fsp3) is 0.316. The van der Waals surface area contributed by atoms with Crippen LogP contribution >= 0.6 is 12.4 Å². The zero-order valence-electron chi connectivity index (χ0n) is 13.3. The predicted molar refractivity (Wildman–Crippen MR) is 97.5 cm³/mol. The number of carbonyl (C=O) groups excluding carboxylic acids is 1. The van der Waals surface area contributed by atoms with Crippen molar-refractivity contribution in [2.45, 2.75) is 31.5 Å². The summed E-state index contributed by atoms with van der Waals surface area (Å²) in [7, 11) is 0. The molecule has 5 heteroatoms. The molecule has 0 unspecified atom stereocenters. The summed E-state index contributed by atoms with van der Waals surface area (Å²) in [5, 5.41) is 2.98. The number of carbonyl (C=O) groups is 1. The smallest absolute Gasteiger partial charge is 0.253 e. The summed E-state index contributed by atoms with van der Waals surface area (Å²) < 4.78 is 5.65. The number of hydrogen-bond donors (Lipinski definition) is 2. The molecule has 0 radical (unpaired) electrons. The van der Waals surface area contributed by atoms with Gasteiger partial charge in [-0.05, 0) is 53.6 Å². The van der Waals surface area contributed by atoms with Gasteiger partial charge in [0.1, 0.15) is 6.10 Å². The van der Waals surface area contributed by atoms with Crippen LogP contribution in [0.25, 0.3) is 11.1 Å². The van der Waals surface area contributed by atoms with Crippen LogP contribution in [0, 0.1) is 0 Å². The van der Waals surface area contributed by atoms with Crippen molar-refractivity contribution in [3.63, 3.8) is 0 Å². The summed E-state index contributed by atoms with van der Waals surface area (Å²) in [5.74, 6) is -0.0728. The van der Waals surface area contributed by atoms with E-state index in [1.807, 2.05) is 6.07 Å². The number of amides is 1. The fourth-order valence-electron chi connectivity index (χ4n) is 3.52. The molecule has 0 saturated carbocycles. The van der Waals surface area contributed by atoms with Gasteiger partial charge in [0.15, 0.2) is 0 Å². The van der Waals surface area contributed by atoms with E-state index >= 15 is 0 Å². The molecule has 1 amide bonds. The van der Waals surface area contributed by atoms with Crippen molar-refractivity contribution >= 4 is 24.0 Å². The number of anilines is 1. The van der Waals surface area contributed by atoms with Crippen LogP contribution in [0.1, 0.15) is 24.0 Å². The molecule has 3 N–H and O–H groups in total. The maximum Gasteiger partial charge on any atom is 0.253 e. The lowest BCUT2D eigenvalue weighted by atomic mass is 10.1. The van der Waals surface area contributed by atoms with E-state index in [-0.39, 0.29) is 30.5 Å². The van der Waals surface area contributed by atoms with Gasteiger partial charge in [-0.1, -0.05) is 30.3 Å². The van der Waals surface area contributed by atoms with Gasteiger partial charge in [-0.3, -0.25) is 4.79 Å². The first-order chi connectivity index (χ1) is 11.2. The molecule has 24 heavy (non-hydrogen) atoms. The highest BCUT2D eigenvalue weighted by molar-refractivity contribution is 5.95. The average Bonchev–Trinajstić information content (AvgIpc) is 3.18. The van der Waals surface area contributed by atoms with E-state index in [2.05, 4.69) is 41.7 Å². The van der Waals surface area contributed by atoms with E-state index in [4.69, 9.17) is 10.5 Å². The van der Waals surface area contributed by atoms with Gasteiger partial charge in [0.2, 0.25) is 0 Å². The lowest BCUT2D eigenvalue weighted by molar-refractivity contribution is -0.126. The van der Waals surface area contributed by atoms with E-state index in [1.54, 1.807) is 0 Å². The molecule has 1 aliphatic heterocycles. The Hall–Kier alpha value is -1.88. The van der Waals surface area contributed by atoms with Crippen LogP contribution in [0.3, 0.4) is 0 Å². The van der Waals surface area contributed by atoms with Gasteiger partial charge in [-0.25, -0.2) is 0 Å². The average molecular weight is 345 g/mol. The van der Waals surface area contributed by atoms with Crippen LogP contribution in [0.2, 0.25) is 0 Å². The third-order valence-corrected chi connectivity index (χ3v) is 4.72. The summed E-state index contributed by atoms with van der Waals surface area (Å²) in [6.07, 6.45) is 2.15. The second kappa shape index (κ2) is 6.93. The van der Waals surface area contributed by atoms with Crippen molar-refractivity contribution in [2.75, 3.05) is 11.9 Å². The summed E-state index contributed by atoms with van der Waals surface area (Å²) in [4.78, 5) is 12.3. The van der Waals surface area contributed by atoms with Crippen LogP contribution in [-0.4, -0.2) is 24.7 Å². The third kappa shape index (κ3) is 3.05. The van der Waals surface area contributed by atoms with Crippen LogP contribution in [0.4, 0.5) is 5.69 Å². The second-order valence-corrected chi connectivity index (χ2v) is 6.25. The molecule has 4 nitrogen and oxygen atoms in total. The topological polar surface area (TPSA) is 64.4 Å². The fourth-order valence-corrected chi connectivity index (χ4v) is 3.52. The highest BCUT2D eigenvalue weighted by Crippen LogP contribution is 2.37. The first-order valence-corrected chi connectivity index (χ1v) is 8.12. The number of fused-ring (bicyclic) bond motifs is 3. The van der Waals surface area contributed by atoms with E-state index < -0.39 is 0 Å². The predicted octanol–water partition coefficient (Wildman–Crippen LogP) is 3.12. The highest BCUT2D eigenvalue weighted by Gasteiger charge is 2.30. The van der Waals surface area contributed by atoms with E-state index in [9.17, 15) is 4.79 Å². The SMILES string of the molecule is Cl.NC[C@H]1CC[C@@H](C(=O)Nc2ccc3c(c2)Cc2ccccc2-3)O1. The van der Waals surface area contributed by atoms with Gasteiger partial charge in [0.05, 0.1) is 6.10 Å². The first kappa shape index (κ1) is 17.0. The number of ether oxygens (including phenoxy) is 1. The monoisotopic (exact) mass is 344 g/mol. The maximum absolute atomic E-state index is 12.3. The lowest BCUT2D eigenvalue weighted by Gasteiger charge is -2.13. The molecule has 2 aromatic carbocycles. The van der Waals surface area contributed by atoms with Crippen molar-refractivity contribution in [2.24, 2.45) is 5.73 Å². The number of nitrogens with two attached hydrogens (primary N) is 1. The molecule has 2 atom stereocenters. The molecule has 1 aliphatic carbocycles. The Kier molecular flexibility index (Phi) is 4.90. The van der Waals surface area contributed by atoms with E-state index in [0.717, 1.165) is 24.9 Å². The molecule has 0 spiro atoms. The summed E-state index contributed by atoms with van der Waals surface area (Å²) >= 11 is 0. The molecule has 1 fully saturated rings. The summed E-state index contributed by atoms with van der Waals surface area (Å²) in [6.45, 7) is 0.473. The van der Waals surface area contributed by atoms with Gasteiger partial charge in [0, 0.05) is 12.2 Å². The molecular weight excluding hydrogens is 324 g/mol. The zero-order chi connectivity index (χ0) is 15.8.